The third-order valence-corrected chi connectivity index (χ3v) is 5.15. The average molecular weight is 320 g/mol. The molecule has 4 nitrogen and oxygen atoms in total. The average Bonchev–Trinajstić information content (AvgIpc) is 2.29. The fourth-order valence-electron chi connectivity index (χ4n) is 1.92. The van der Waals surface area contributed by atoms with E-state index in [1.165, 1.54) is 4.31 Å². The van der Waals surface area contributed by atoms with Crippen LogP contribution in [-0.2, 0) is 10.0 Å². The van der Waals surface area contributed by atoms with E-state index in [4.69, 9.17) is 0 Å². The molecule has 0 bridgehead atoms. The van der Waals surface area contributed by atoms with Crippen LogP contribution in [0.25, 0.3) is 0 Å². The first-order valence-electron chi connectivity index (χ1n) is 5.44. The van der Waals surface area contributed by atoms with Crippen molar-refractivity contribution in [2.24, 2.45) is 0 Å². The Hall–Kier alpha value is -0.430. The zero-order valence-corrected chi connectivity index (χ0v) is 11.6. The number of nitrogens with zero attached hydrogens (tertiary/aromatic N) is 1. The van der Waals surface area contributed by atoms with E-state index in [2.05, 4.69) is 15.9 Å². The fraction of sp³-hybridized carbons (Fsp3) is 0.455. The molecule has 0 spiro atoms. The van der Waals surface area contributed by atoms with Crippen molar-refractivity contribution in [1.82, 2.24) is 4.31 Å². The summed E-state index contributed by atoms with van der Waals surface area (Å²) in [4.78, 5) is 0.265. The second kappa shape index (κ2) is 5.06. The maximum Gasteiger partial charge on any atom is 0.243 e. The van der Waals surface area contributed by atoms with Gasteiger partial charge in [-0.1, -0.05) is 22.0 Å². The summed E-state index contributed by atoms with van der Waals surface area (Å²) in [5.41, 5.74) is 0. The molecule has 1 unspecified atom stereocenters. The van der Waals surface area contributed by atoms with Gasteiger partial charge in [-0.2, -0.15) is 4.31 Å². The third kappa shape index (κ3) is 2.88. The summed E-state index contributed by atoms with van der Waals surface area (Å²) in [5, 5.41) is 9.53. The molecule has 6 heteroatoms. The normalized spacial score (nSPS) is 22.6. The highest BCUT2D eigenvalue weighted by atomic mass is 79.9. The van der Waals surface area contributed by atoms with Crippen LogP contribution < -0.4 is 0 Å². The fourth-order valence-corrected chi connectivity index (χ4v) is 4.03. The summed E-state index contributed by atoms with van der Waals surface area (Å²) in [6.07, 6.45) is 0.824. The molecule has 0 aromatic heterocycles. The Morgan fingerprint density at radius 3 is 2.82 bits per heavy atom. The Bertz CT molecular complexity index is 503. The first-order valence-corrected chi connectivity index (χ1v) is 7.67. The van der Waals surface area contributed by atoms with E-state index in [0.29, 0.717) is 19.4 Å². The van der Waals surface area contributed by atoms with Crippen molar-refractivity contribution < 1.29 is 13.5 Å². The van der Waals surface area contributed by atoms with Gasteiger partial charge in [-0.15, -0.1) is 0 Å². The molecule has 0 aliphatic carbocycles. The minimum atomic E-state index is -3.47. The quantitative estimate of drug-likeness (QED) is 0.900. The molecule has 1 atom stereocenters. The lowest BCUT2D eigenvalue weighted by molar-refractivity contribution is 0.108. The van der Waals surface area contributed by atoms with Crippen molar-refractivity contribution in [3.63, 3.8) is 0 Å². The van der Waals surface area contributed by atoms with Gasteiger partial charge >= 0.3 is 0 Å². The maximum absolute atomic E-state index is 12.3. The molecule has 0 saturated carbocycles. The predicted molar refractivity (Wildman–Crippen MR) is 68.1 cm³/mol. The molecule has 0 amide bonds. The van der Waals surface area contributed by atoms with E-state index in [0.717, 1.165) is 4.47 Å². The first-order chi connectivity index (χ1) is 8.00. The van der Waals surface area contributed by atoms with Gasteiger partial charge in [0.1, 0.15) is 0 Å². The maximum atomic E-state index is 12.3. The van der Waals surface area contributed by atoms with E-state index in [9.17, 15) is 13.5 Å². The third-order valence-electron chi connectivity index (χ3n) is 2.79. The number of piperidine rings is 1. The predicted octanol–water partition coefficient (Wildman–Crippen LogP) is 1.59. The highest BCUT2D eigenvalue weighted by Gasteiger charge is 2.29. The minimum absolute atomic E-state index is 0.189. The van der Waals surface area contributed by atoms with E-state index in [1.807, 2.05) is 0 Å². The van der Waals surface area contributed by atoms with Gasteiger partial charge in [0.05, 0.1) is 11.0 Å². The summed E-state index contributed by atoms with van der Waals surface area (Å²) >= 11 is 3.26. The smallest absolute Gasteiger partial charge is 0.243 e. The van der Waals surface area contributed by atoms with Crippen LogP contribution in [0.5, 0.6) is 0 Å². The molecule has 1 aromatic carbocycles. The highest BCUT2D eigenvalue weighted by molar-refractivity contribution is 9.10. The highest BCUT2D eigenvalue weighted by Crippen LogP contribution is 2.23. The van der Waals surface area contributed by atoms with Crippen LogP contribution in [0, 0.1) is 0 Å². The van der Waals surface area contributed by atoms with Gasteiger partial charge in [-0.3, -0.25) is 0 Å². The van der Waals surface area contributed by atoms with Gasteiger partial charge in [0, 0.05) is 17.6 Å². The second-order valence-electron chi connectivity index (χ2n) is 4.12. The van der Waals surface area contributed by atoms with Crippen molar-refractivity contribution in [3.8, 4) is 0 Å². The van der Waals surface area contributed by atoms with E-state index < -0.39 is 16.1 Å². The van der Waals surface area contributed by atoms with Crippen molar-refractivity contribution in [2.75, 3.05) is 13.1 Å². The van der Waals surface area contributed by atoms with Crippen LogP contribution in [0.1, 0.15) is 12.8 Å². The largest absolute Gasteiger partial charge is 0.392 e. The van der Waals surface area contributed by atoms with Crippen LogP contribution in [0.3, 0.4) is 0 Å². The van der Waals surface area contributed by atoms with Crippen molar-refractivity contribution in [1.29, 1.82) is 0 Å². The van der Waals surface area contributed by atoms with Gasteiger partial charge < -0.3 is 5.11 Å². The van der Waals surface area contributed by atoms with Gasteiger partial charge in [-0.25, -0.2) is 8.42 Å². The Morgan fingerprint density at radius 1 is 1.41 bits per heavy atom. The molecule has 1 aliphatic rings. The number of rotatable bonds is 2. The summed E-state index contributed by atoms with van der Waals surface area (Å²) in [5.74, 6) is 0. The monoisotopic (exact) mass is 319 g/mol. The molecule has 2 rings (SSSR count). The van der Waals surface area contributed by atoms with Gasteiger partial charge in [0.2, 0.25) is 10.0 Å². The van der Waals surface area contributed by atoms with E-state index in [-0.39, 0.29) is 11.4 Å². The Labute approximate surface area is 109 Å². The standard InChI is InChI=1S/C11H14BrNO3S/c12-9-3-1-5-11(7-9)17(15,16)13-6-2-4-10(14)8-13/h1,3,5,7,10,14H,2,4,6,8H2. The lowest BCUT2D eigenvalue weighted by Crippen LogP contribution is -2.42. The second-order valence-corrected chi connectivity index (χ2v) is 6.97. The number of hydrogen-bond acceptors (Lipinski definition) is 3. The van der Waals surface area contributed by atoms with E-state index >= 15 is 0 Å². The Kier molecular flexibility index (Phi) is 3.87. The van der Waals surface area contributed by atoms with Crippen LogP contribution in [0.4, 0.5) is 0 Å². The van der Waals surface area contributed by atoms with Crippen LogP contribution >= 0.6 is 15.9 Å². The van der Waals surface area contributed by atoms with Crippen LogP contribution in [0.2, 0.25) is 0 Å². The lowest BCUT2D eigenvalue weighted by Gasteiger charge is -2.29. The molecule has 1 aliphatic heterocycles. The molecule has 1 heterocycles. The molecule has 1 saturated heterocycles. The van der Waals surface area contributed by atoms with Gasteiger partial charge in [0.25, 0.3) is 0 Å². The molecular formula is C11H14BrNO3S. The lowest BCUT2D eigenvalue weighted by atomic mass is 10.1. The molecular weight excluding hydrogens is 306 g/mol. The zero-order valence-electron chi connectivity index (χ0n) is 9.21. The molecule has 17 heavy (non-hydrogen) atoms. The first kappa shape index (κ1) is 13.0. The molecule has 94 valence electrons. The number of sulfonamides is 1. The number of benzene rings is 1. The number of aliphatic hydroxyl groups excluding tert-OH is 1. The minimum Gasteiger partial charge on any atom is -0.392 e. The van der Waals surface area contributed by atoms with Gasteiger partial charge in [-0.05, 0) is 31.0 Å². The summed E-state index contributed by atoms with van der Waals surface area (Å²) in [6.45, 7) is 0.667. The number of halogens is 1. The summed E-state index contributed by atoms with van der Waals surface area (Å²) < 4.78 is 26.6. The molecule has 1 fully saturated rings. The van der Waals surface area contributed by atoms with E-state index in [1.54, 1.807) is 24.3 Å². The Balaban J connectivity index is 2.29. The van der Waals surface area contributed by atoms with Crippen LogP contribution in [0.15, 0.2) is 33.6 Å². The summed E-state index contributed by atoms with van der Waals surface area (Å²) in [6, 6.07) is 6.62. The van der Waals surface area contributed by atoms with Crippen molar-refractivity contribution >= 4 is 26.0 Å². The van der Waals surface area contributed by atoms with Gasteiger partial charge in [0.15, 0.2) is 0 Å². The molecule has 1 N–H and O–H groups in total. The Morgan fingerprint density at radius 2 is 2.18 bits per heavy atom. The number of hydrogen-bond donors (Lipinski definition) is 1. The zero-order chi connectivity index (χ0) is 12.5. The topological polar surface area (TPSA) is 57.6 Å². The number of β-amino-alcohol motifs (C(OH)–C–C–N with tert-alkyl or cyclic N) is 1. The summed E-state index contributed by atoms with van der Waals surface area (Å²) in [7, 11) is -3.47. The van der Waals surface area contributed by atoms with Crippen molar-refractivity contribution in [3.05, 3.63) is 28.7 Å². The SMILES string of the molecule is O=S(=O)(c1cccc(Br)c1)N1CCCC(O)C1. The number of aliphatic hydroxyl groups is 1. The molecule has 0 radical (unpaired) electrons. The van der Waals surface area contributed by atoms with Crippen molar-refractivity contribution in [2.45, 2.75) is 23.8 Å². The molecule has 1 aromatic rings. The van der Waals surface area contributed by atoms with Crippen LogP contribution in [-0.4, -0.2) is 37.0 Å².